The first-order chi connectivity index (χ1) is 13.2. The van der Waals surface area contributed by atoms with Crippen LogP contribution in [0.3, 0.4) is 0 Å². The Labute approximate surface area is 158 Å². The minimum absolute atomic E-state index is 0.276. The van der Waals surface area contributed by atoms with Crippen LogP contribution in [-0.2, 0) is 0 Å². The number of benzene rings is 2. The number of aliphatic hydroxyl groups excluding tert-OH is 1. The van der Waals surface area contributed by atoms with E-state index >= 15 is 0 Å². The molecule has 142 valence electrons. The Morgan fingerprint density at radius 2 is 1.85 bits per heavy atom. The Morgan fingerprint density at radius 3 is 2.63 bits per heavy atom. The third-order valence-electron chi connectivity index (χ3n) is 5.04. The summed E-state index contributed by atoms with van der Waals surface area (Å²) in [5.41, 5.74) is 0.901. The van der Waals surface area contributed by atoms with Crippen LogP contribution in [0.25, 0.3) is 22.1 Å². The molecule has 0 bridgehead atoms. The second-order valence-corrected chi connectivity index (χ2v) is 7.15. The van der Waals surface area contributed by atoms with Crippen LogP contribution in [0, 0.1) is 5.82 Å². The fraction of sp³-hybridized carbons (Fsp3) is 0.364. The standard InChI is InChI=1S/C22H24FNO3/c23-18-6-9-21-17(12-18)14-27-22(21)16-4-7-20(8-5-16)26-15-19(25)13-24-10-2-1-3-11-24/h4-9,12,14,19,25H,1-3,10-11,13,15H2/t19-/m1/s1. The number of fused-ring (bicyclic) bond motifs is 1. The average Bonchev–Trinajstić information content (AvgIpc) is 3.10. The fourth-order valence-corrected chi connectivity index (χ4v) is 3.63. The predicted octanol–water partition coefficient (Wildman–Crippen LogP) is 4.46. The number of nitrogens with zero attached hydrogens (tertiary/aromatic N) is 1. The number of rotatable bonds is 6. The molecule has 4 nitrogen and oxygen atoms in total. The lowest BCUT2D eigenvalue weighted by Gasteiger charge is -2.28. The van der Waals surface area contributed by atoms with Crippen LogP contribution in [0.5, 0.6) is 5.75 Å². The van der Waals surface area contributed by atoms with Gasteiger partial charge in [0.2, 0.25) is 0 Å². The van der Waals surface area contributed by atoms with Gasteiger partial charge in [-0.2, -0.15) is 0 Å². The van der Waals surface area contributed by atoms with Crippen LogP contribution in [0.15, 0.2) is 53.1 Å². The first-order valence-corrected chi connectivity index (χ1v) is 9.49. The lowest BCUT2D eigenvalue weighted by molar-refractivity contribution is 0.0617. The summed E-state index contributed by atoms with van der Waals surface area (Å²) in [5, 5.41) is 11.8. The van der Waals surface area contributed by atoms with Crippen LogP contribution in [0.4, 0.5) is 4.39 Å². The molecular weight excluding hydrogens is 345 g/mol. The monoisotopic (exact) mass is 369 g/mol. The molecule has 1 N–H and O–H groups in total. The van der Waals surface area contributed by atoms with E-state index in [4.69, 9.17) is 9.15 Å². The molecule has 0 unspecified atom stereocenters. The van der Waals surface area contributed by atoms with Crippen LogP contribution in [0.1, 0.15) is 19.3 Å². The van der Waals surface area contributed by atoms with Gasteiger partial charge in [-0.25, -0.2) is 4.39 Å². The van der Waals surface area contributed by atoms with E-state index in [0.29, 0.717) is 18.1 Å². The molecule has 0 amide bonds. The summed E-state index contributed by atoms with van der Waals surface area (Å²) in [5.74, 6) is 1.14. The number of hydrogen-bond acceptors (Lipinski definition) is 4. The highest BCUT2D eigenvalue weighted by Gasteiger charge is 2.15. The maximum Gasteiger partial charge on any atom is 0.141 e. The molecule has 0 aliphatic carbocycles. The highest BCUT2D eigenvalue weighted by atomic mass is 19.1. The second-order valence-electron chi connectivity index (χ2n) is 7.15. The molecule has 5 heteroatoms. The molecule has 1 fully saturated rings. The molecule has 3 aromatic rings. The Bertz CT molecular complexity index is 884. The smallest absolute Gasteiger partial charge is 0.141 e. The number of furan rings is 1. The summed E-state index contributed by atoms with van der Waals surface area (Å²) in [4.78, 5) is 2.30. The normalized spacial score (nSPS) is 16.5. The summed E-state index contributed by atoms with van der Waals surface area (Å²) < 4.78 is 24.7. The number of piperidine rings is 1. The van der Waals surface area contributed by atoms with Crippen molar-refractivity contribution in [3.05, 3.63) is 54.5 Å². The summed E-state index contributed by atoms with van der Waals surface area (Å²) in [6.45, 7) is 3.06. The van der Waals surface area contributed by atoms with Gasteiger partial charge in [0.15, 0.2) is 0 Å². The molecule has 1 atom stereocenters. The molecule has 1 saturated heterocycles. The summed E-state index contributed by atoms with van der Waals surface area (Å²) in [7, 11) is 0. The molecule has 2 heterocycles. The SMILES string of the molecule is O[C@@H](COc1ccc(-c2occ3cc(F)ccc23)cc1)CN1CCCCC1. The molecule has 1 aliphatic rings. The minimum Gasteiger partial charge on any atom is -0.491 e. The van der Waals surface area contributed by atoms with E-state index in [1.54, 1.807) is 12.3 Å². The number of aliphatic hydroxyl groups is 1. The zero-order valence-corrected chi connectivity index (χ0v) is 15.2. The molecule has 0 spiro atoms. The third kappa shape index (κ3) is 4.31. The van der Waals surface area contributed by atoms with Gasteiger partial charge in [-0.3, -0.25) is 0 Å². The van der Waals surface area contributed by atoms with E-state index in [0.717, 1.165) is 29.4 Å². The zero-order chi connectivity index (χ0) is 18.6. The molecule has 1 aromatic heterocycles. The Balaban J connectivity index is 1.37. The van der Waals surface area contributed by atoms with E-state index < -0.39 is 6.10 Å². The van der Waals surface area contributed by atoms with Crippen molar-refractivity contribution >= 4 is 10.8 Å². The Kier molecular flexibility index (Phi) is 5.41. The van der Waals surface area contributed by atoms with Crippen molar-refractivity contribution in [1.82, 2.24) is 4.90 Å². The number of halogens is 1. The topological polar surface area (TPSA) is 45.8 Å². The second kappa shape index (κ2) is 8.11. The van der Waals surface area contributed by atoms with Gasteiger partial charge < -0.3 is 19.2 Å². The number of β-amino-alcohol motifs (C(OH)–C–C–N with tert-alkyl or cyclic N) is 1. The number of hydrogen-bond donors (Lipinski definition) is 1. The van der Waals surface area contributed by atoms with Gasteiger partial charge in [0.05, 0.1) is 6.26 Å². The van der Waals surface area contributed by atoms with Crippen LogP contribution in [-0.4, -0.2) is 42.4 Å². The van der Waals surface area contributed by atoms with Gasteiger partial charge in [0, 0.05) is 22.9 Å². The third-order valence-corrected chi connectivity index (χ3v) is 5.04. The van der Waals surface area contributed by atoms with Crippen molar-refractivity contribution in [2.45, 2.75) is 25.4 Å². The van der Waals surface area contributed by atoms with Crippen molar-refractivity contribution in [3.8, 4) is 17.1 Å². The van der Waals surface area contributed by atoms with Crippen LogP contribution < -0.4 is 4.74 Å². The molecule has 0 radical (unpaired) electrons. The van der Waals surface area contributed by atoms with Gasteiger partial charge in [0.1, 0.15) is 30.0 Å². The van der Waals surface area contributed by atoms with Gasteiger partial charge in [-0.05, 0) is 68.4 Å². The van der Waals surface area contributed by atoms with Crippen molar-refractivity contribution in [2.24, 2.45) is 0 Å². The van der Waals surface area contributed by atoms with Crippen molar-refractivity contribution in [2.75, 3.05) is 26.2 Å². The van der Waals surface area contributed by atoms with E-state index in [2.05, 4.69) is 4.90 Å². The van der Waals surface area contributed by atoms with E-state index in [1.807, 2.05) is 24.3 Å². The Morgan fingerprint density at radius 1 is 1.07 bits per heavy atom. The first kappa shape index (κ1) is 18.0. The lowest BCUT2D eigenvalue weighted by atomic mass is 10.1. The summed E-state index contributed by atoms with van der Waals surface area (Å²) >= 11 is 0. The largest absolute Gasteiger partial charge is 0.491 e. The van der Waals surface area contributed by atoms with Crippen molar-refractivity contribution in [1.29, 1.82) is 0 Å². The van der Waals surface area contributed by atoms with Crippen molar-refractivity contribution < 1.29 is 18.7 Å². The highest BCUT2D eigenvalue weighted by molar-refractivity contribution is 5.94. The molecule has 27 heavy (non-hydrogen) atoms. The van der Waals surface area contributed by atoms with E-state index in [-0.39, 0.29) is 12.4 Å². The van der Waals surface area contributed by atoms with Crippen molar-refractivity contribution in [3.63, 3.8) is 0 Å². The van der Waals surface area contributed by atoms with Gasteiger partial charge >= 0.3 is 0 Å². The molecule has 4 rings (SSSR count). The van der Waals surface area contributed by atoms with E-state index in [1.165, 1.54) is 31.4 Å². The summed E-state index contributed by atoms with van der Waals surface area (Å²) in [6, 6.07) is 12.2. The molecule has 2 aromatic carbocycles. The zero-order valence-electron chi connectivity index (χ0n) is 15.2. The summed E-state index contributed by atoms with van der Waals surface area (Å²) in [6.07, 6.45) is 4.78. The quantitative estimate of drug-likeness (QED) is 0.697. The lowest BCUT2D eigenvalue weighted by Crippen LogP contribution is -2.38. The molecule has 1 aliphatic heterocycles. The molecular formula is C22H24FNO3. The Hall–Kier alpha value is -2.37. The predicted molar refractivity (Wildman–Crippen MR) is 103 cm³/mol. The fourth-order valence-electron chi connectivity index (χ4n) is 3.63. The highest BCUT2D eigenvalue weighted by Crippen LogP contribution is 2.31. The van der Waals surface area contributed by atoms with Gasteiger partial charge in [-0.1, -0.05) is 6.42 Å². The van der Waals surface area contributed by atoms with Crippen LogP contribution in [0.2, 0.25) is 0 Å². The maximum absolute atomic E-state index is 13.3. The number of likely N-dealkylation sites (tertiary alicyclic amines) is 1. The van der Waals surface area contributed by atoms with Crippen LogP contribution >= 0.6 is 0 Å². The van der Waals surface area contributed by atoms with E-state index in [9.17, 15) is 9.50 Å². The van der Waals surface area contributed by atoms with Gasteiger partial charge in [-0.15, -0.1) is 0 Å². The van der Waals surface area contributed by atoms with Gasteiger partial charge in [0.25, 0.3) is 0 Å². The number of ether oxygens (including phenoxy) is 1. The minimum atomic E-state index is -0.494. The molecule has 0 saturated carbocycles. The average molecular weight is 369 g/mol. The maximum atomic E-state index is 13.3. The first-order valence-electron chi connectivity index (χ1n) is 9.49.